The van der Waals surface area contributed by atoms with Crippen molar-refractivity contribution in [1.82, 2.24) is 9.47 Å². The summed E-state index contributed by atoms with van der Waals surface area (Å²) in [6.45, 7) is 2.06. The van der Waals surface area contributed by atoms with Crippen molar-refractivity contribution in [2.45, 2.75) is 18.2 Å². The van der Waals surface area contributed by atoms with Crippen LogP contribution in [0.5, 0.6) is 0 Å². The van der Waals surface area contributed by atoms with Crippen LogP contribution in [0.3, 0.4) is 0 Å². The third kappa shape index (κ3) is 3.10. The molecule has 4 nitrogen and oxygen atoms in total. The normalized spacial score (nSPS) is 19.8. The molecule has 1 atom stereocenters. The third-order valence-corrected chi connectivity index (χ3v) is 4.83. The first-order chi connectivity index (χ1) is 9.83. The molecule has 3 rings (SSSR count). The summed E-state index contributed by atoms with van der Waals surface area (Å²) < 4.78 is 7.40. The summed E-state index contributed by atoms with van der Waals surface area (Å²) in [4.78, 5) is 14.3. The molecule has 1 fully saturated rings. The van der Waals surface area contributed by atoms with Crippen molar-refractivity contribution in [3.05, 3.63) is 48.7 Å². The summed E-state index contributed by atoms with van der Waals surface area (Å²) in [5.41, 5.74) is 0. The predicted octanol–water partition coefficient (Wildman–Crippen LogP) is 2.79. The number of carbonyl (C=O) groups excluding carboxylic acids is 1. The predicted molar refractivity (Wildman–Crippen MR) is 79.5 cm³/mol. The number of aromatic nitrogens is 1. The molecule has 0 unspecified atom stereocenters. The number of carbonyl (C=O) groups is 1. The van der Waals surface area contributed by atoms with Crippen molar-refractivity contribution >= 4 is 17.7 Å². The number of furan rings is 1. The Morgan fingerprint density at radius 2 is 2.15 bits per heavy atom. The zero-order chi connectivity index (χ0) is 13.8. The molecule has 1 saturated heterocycles. The number of hydrogen-bond donors (Lipinski definition) is 0. The molecule has 0 N–H and O–H groups in total. The van der Waals surface area contributed by atoms with Crippen LogP contribution in [0.2, 0.25) is 0 Å². The van der Waals surface area contributed by atoms with Crippen molar-refractivity contribution < 1.29 is 9.21 Å². The van der Waals surface area contributed by atoms with Gasteiger partial charge < -0.3 is 13.9 Å². The van der Waals surface area contributed by atoms with E-state index in [1.165, 1.54) is 0 Å². The molecule has 1 amide bonds. The Balaban J connectivity index is 1.58. The van der Waals surface area contributed by atoms with Crippen molar-refractivity contribution in [2.24, 2.45) is 0 Å². The van der Waals surface area contributed by atoms with Crippen molar-refractivity contribution in [1.29, 1.82) is 0 Å². The fourth-order valence-electron chi connectivity index (χ4n) is 2.45. The van der Waals surface area contributed by atoms with E-state index in [9.17, 15) is 4.79 Å². The fraction of sp³-hybridized carbons (Fsp3) is 0.400. The maximum atomic E-state index is 12.3. The monoisotopic (exact) mass is 290 g/mol. The third-order valence-electron chi connectivity index (χ3n) is 3.54. The average Bonchev–Trinajstić information content (AvgIpc) is 3.09. The first kappa shape index (κ1) is 13.4. The molecule has 2 aromatic rings. The van der Waals surface area contributed by atoms with Crippen LogP contribution in [0.25, 0.3) is 0 Å². The number of hydrogen-bond acceptors (Lipinski definition) is 3. The van der Waals surface area contributed by atoms with Gasteiger partial charge in [-0.15, -0.1) is 11.8 Å². The standard InChI is InChI=1S/C15H18N2O2S/c18-15(12-16-6-1-2-7-16)17-8-5-14(20-11-9-17)13-4-3-10-19-13/h1-4,6-7,10,14H,5,8-9,11-12H2/t14-/m1/s1. The molecule has 5 heteroatoms. The van der Waals surface area contributed by atoms with E-state index in [1.807, 2.05) is 57.9 Å². The van der Waals surface area contributed by atoms with Gasteiger partial charge in [0.25, 0.3) is 0 Å². The molecule has 0 aromatic carbocycles. The second-order valence-electron chi connectivity index (χ2n) is 4.90. The lowest BCUT2D eigenvalue weighted by Crippen LogP contribution is -2.35. The number of rotatable bonds is 3. The Kier molecular flexibility index (Phi) is 4.16. The van der Waals surface area contributed by atoms with Gasteiger partial charge >= 0.3 is 0 Å². The van der Waals surface area contributed by atoms with Gasteiger partial charge in [0.15, 0.2) is 0 Å². The zero-order valence-corrected chi connectivity index (χ0v) is 12.1. The van der Waals surface area contributed by atoms with E-state index in [4.69, 9.17) is 4.42 Å². The van der Waals surface area contributed by atoms with Crippen LogP contribution in [0, 0.1) is 0 Å². The van der Waals surface area contributed by atoms with E-state index in [2.05, 4.69) is 0 Å². The van der Waals surface area contributed by atoms with Crippen molar-refractivity contribution in [3.63, 3.8) is 0 Å². The van der Waals surface area contributed by atoms with Gasteiger partial charge in [-0.25, -0.2) is 0 Å². The summed E-state index contributed by atoms with van der Waals surface area (Å²) >= 11 is 1.88. The van der Waals surface area contributed by atoms with Crippen LogP contribution in [0.1, 0.15) is 17.4 Å². The summed E-state index contributed by atoms with van der Waals surface area (Å²) in [6, 6.07) is 7.84. The molecule has 1 aliphatic rings. The molecule has 0 bridgehead atoms. The van der Waals surface area contributed by atoms with Crippen molar-refractivity contribution in [3.8, 4) is 0 Å². The topological polar surface area (TPSA) is 38.4 Å². The molecule has 0 spiro atoms. The molecule has 3 heterocycles. The van der Waals surface area contributed by atoms with Crippen molar-refractivity contribution in [2.75, 3.05) is 18.8 Å². The number of thioether (sulfide) groups is 1. The Morgan fingerprint density at radius 1 is 1.30 bits per heavy atom. The largest absolute Gasteiger partial charge is 0.468 e. The second kappa shape index (κ2) is 6.22. The maximum Gasteiger partial charge on any atom is 0.242 e. The smallest absolute Gasteiger partial charge is 0.242 e. The molecule has 1 aliphatic heterocycles. The Labute approximate surface area is 122 Å². The van der Waals surface area contributed by atoms with Crippen LogP contribution in [-0.4, -0.2) is 34.2 Å². The lowest BCUT2D eigenvalue weighted by molar-refractivity contribution is -0.131. The van der Waals surface area contributed by atoms with E-state index in [0.29, 0.717) is 11.8 Å². The van der Waals surface area contributed by atoms with Gasteiger partial charge in [0.1, 0.15) is 12.3 Å². The highest BCUT2D eigenvalue weighted by molar-refractivity contribution is 7.99. The molecule has 2 aromatic heterocycles. The van der Waals surface area contributed by atoms with Crippen LogP contribution in [-0.2, 0) is 11.3 Å². The molecule has 0 aliphatic carbocycles. The summed E-state index contributed by atoms with van der Waals surface area (Å²) in [5, 5.41) is 0.370. The van der Waals surface area contributed by atoms with Gasteiger partial charge in [0.05, 0.1) is 11.5 Å². The lowest BCUT2D eigenvalue weighted by Gasteiger charge is -2.20. The SMILES string of the molecule is O=C(Cn1cccc1)N1CCS[C@@H](c2ccco2)CC1. The van der Waals surface area contributed by atoms with Crippen LogP contribution >= 0.6 is 11.8 Å². The summed E-state index contributed by atoms with van der Waals surface area (Å²) in [5.74, 6) is 2.18. The van der Waals surface area contributed by atoms with E-state index in [-0.39, 0.29) is 5.91 Å². The maximum absolute atomic E-state index is 12.3. The molecular formula is C15H18N2O2S. The van der Waals surface area contributed by atoms with Gasteiger partial charge in [0, 0.05) is 31.2 Å². The van der Waals surface area contributed by atoms with Crippen LogP contribution in [0.15, 0.2) is 47.3 Å². The summed E-state index contributed by atoms with van der Waals surface area (Å²) in [7, 11) is 0. The minimum Gasteiger partial charge on any atom is -0.468 e. The fourth-order valence-corrected chi connectivity index (χ4v) is 3.63. The molecule has 0 radical (unpaired) electrons. The van der Waals surface area contributed by atoms with E-state index >= 15 is 0 Å². The van der Waals surface area contributed by atoms with E-state index < -0.39 is 0 Å². The minimum absolute atomic E-state index is 0.196. The highest BCUT2D eigenvalue weighted by Gasteiger charge is 2.23. The first-order valence-electron chi connectivity index (χ1n) is 6.86. The van der Waals surface area contributed by atoms with Gasteiger partial charge in [-0.05, 0) is 30.7 Å². The van der Waals surface area contributed by atoms with Crippen LogP contribution in [0.4, 0.5) is 0 Å². The highest BCUT2D eigenvalue weighted by Crippen LogP contribution is 2.34. The molecule has 0 saturated carbocycles. The first-order valence-corrected chi connectivity index (χ1v) is 7.91. The van der Waals surface area contributed by atoms with E-state index in [0.717, 1.165) is 31.0 Å². The number of nitrogens with zero attached hydrogens (tertiary/aromatic N) is 2. The number of amides is 1. The van der Waals surface area contributed by atoms with Gasteiger partial charge in [0.2, 0.25) is 5.91 Å². The average molecular weight is 290 g/mol. The Hall–Kier alpha value is -1.62. The zero-order valence-electron chi connectivity index (χ0n) is 11.3. The summed E-state index contributed by atoms with van der Waals surface area (Å²) in [6.07, 6.45) is 6.53. The second-order valence-corrected chi connectivity index (χ2v) is 6.21. The Morgan fingerprint density at radius 3 is 2.90 bits per heavy atom. The highest BCUT2D eigenvalue weighted by atomic mass is 32.2. The van der Waals surface area contributed by atoms with Gasteiger partial charge in [-0.2, -0.15) is 0 Å². The minimum atomic E-state index is 0.196. The lowest BCUT2D eigenvalue weighted by atomic mass is 10.2. The van der Waals surface area contributed by atoms with Gasteiger partial charge in [-0.3, -0.25) is 4.79 Å². The molecule has 106 valence electrons. The van der Waals surface area contributed by atoms with Crippen LogP contribution < -0.4 is 0 Å². The Bertz CT molecular complexity index is 536. The van der Waals surface area contributed by atoms with Gasteiger partial charge in [-0.1, -0.05) is 0 Å². The van der Waals surface area contributed by atoms with E-state index in [1.54, 1.807) is 6.26 Å². The quantitative estimate of drug-likeness (QED) is 0.872. The molecule has 20 heavy (non-hydrogen) atoms. The molecular weight excluding hydrogens is 272 g/mol.